The van der Waals surface area contributed by atoms with Crippen molar-refractivity contribution >= 4 is 22.7 Å². The van der Waals surface area contributed by atoms with Crippen LogP contribution in [0.15, 0.2) is 47.4 Å². The Bertz CT molecular complexity index is 804. The number of phenolic OH excluding ortho intramolecular Hbond substituents is 1. The number of rotatable bonds is 0. The molecule has 0 fully saturated rings. The van der Waals surface area contributed by atoms with Crippen LogP contribution in [0, 0.1) is 0 Å². The van der Waals surface area contributed by atoms with Gasteiger partial charge in [0.15, 0.2) is 0 Å². The van der Waals surface area contributed by atoms with Gasteiger partial charge in [-0.3, -0.25) is 0 Å². The van der Waals surface area contributed by atoms with E-state index < -0.39 is 0 Å². The minimum atomic E-state index is 0.341. The van der Waals surface area contributed by atoms with Crippen molar-refractivity contribution in [3.8, 4) is 17.0 Å². The fraction of sp³-hybridized carbons (Fsp3) is 0.125. The van der Waals surface area contributed by atoms with Crippen LogP contribution in [0.1, 0.15) is 5.56 Å². The van der Waals surface area contributed by atoms with Gasteiger partial charge in [-0.2, -0.15) is 0 Å². The molecule has 1 aliphatic heterocycles. The lowest BCUT2D eigenvalue weighted by Crippen LogP contribution is -1.99. The summed E-state index contributed by atoms with van der Waals surface area (Å²) in [6.45, 7) is 0. The van der Waals surface area contributed by atoms with E-state index in [1.807, 2.05) is 12.1 Å². The minimum Gasteiger partial charge on any atom is -0.508 e. The molecule has 94 valence electrons. The zero-order valence-electron chi connectivity index (χ0n) is 10.6. The van der Waals surface area contributed by atoms with E-state index in [0.29, 0.717) is 5.75 Å². The first-order valence-electron chi connectivity index (χ1n) is 6.28. The summed E-state index contributed by atoms with van der Waals surface area (Å²) in [6.07, 6.45) is 0. The minimum absolute atomic E-state index is 0.341. The van der Waals surface area contributed by atoms with E-state index in [0.717, 1.165) is 5.75 Å². The van der Waals surface area contributed by atoms with E-state index in [-0.39, 0.29) is 0 Å². The third kappa shape index (κ3) is 1.45. The van der Waals surface area contributed by atoms with Gasteiger partial charge in [0.2, 0.25) is 0 Å². The van der Waals surface area contributed by atoms with Crippen molar-refractivity contribution < 1.29 is 5.11 Å². The molecule has 1 aromatic heterocycles. The van der Waals surface area contributed by atoms with Crippen molar-refractivity contribution in [3.63, 3.8) is 0 Å². The Morgan fingerprint density at radius 1 is 1.16 bits per heavy atom. The summed E-state index contributed by atoms with van der Waals surface area (Å²) in [5.41, 5.74) is 5.19. The topological polar surface area (TPSA) is 25.2 Å². The number of phenols is 1. The first kappa shape index (κ1) is 11.0. The zero-order chi connectivity index (χ0) is 13.0. The summed E-state index contributed by atoms with van der Waals surface area (Å²) in [5.74, 6) is 1.31. The molecule has 1 N–H and O–H groups in total. The Morgan fingerprint density at radius 3 is 2.89 bits per heavy atom. The Hall–Kier alpha value is -1.87. The molecule has 3 heteroatoms. The van der Waals surface area contributed by atoms with Crippen molar-refractivity contribution in [3.05, 3.63) is 48.0 Å². The van der Waals surface area contributed by atoms with Gasteiger partial charge in [0.05, 0.1) is 5.69 Å². The van der Waals surface area contributed by atoms with Crippen LogP contribution in [-0.2, 0) is 12.8 Å². The molecule has 0 aliphatic carbocycles. The molecule has 0 unspecified atom stereocenters. The second-order valence-electron chi connectivity index (χ2n) is 4.87. The molecule has 1 aliphatic rings. The quantitative estimate of drug-likeness (QED) is 0.661. The predicted molar refractivity (Wildman–Crippen MR) is 79.6 cm³/mol. The normalized spacial score (nSPS) is 13.3. The first-order valence-corrected chi connectivity index (χ1v) is 7.27. The van der Waals surface area contributed by atoms with E-state index in [2.05, 4.69) is 35.9 Å². The van der Waals surface area contributed by atoms with Crippen LogP contribution in [0.3, 0.4) is 0 Å². The van der Waals surface area contributed by atoms with Gasteiger partial charge in [0.1, 0.15) is 5.75 Å². The van der Waals surface area contributed by atoms with E-state index in [4.69, 9.17) is 0 Å². The van der Waals surface area contributed by atoms with Crippen molar-refractivity contribution in [2.24, 2.45) is 7.05 Å². The number of fused-ring (bicyclic) bond motifs is 5. The number of hydrogen-bond donors (Lipinski definition) is 1. The average Bonchev–Trinajstić information content (AvgIpc) is 2.73. The van der Waals surface area contributed by atoms with Gasteiger partial charge in [-0.15, -0.1) is 11.8 Å². The Kier molecular flexibility index (Phi) is 2.21. The second-order valence-corrected chi connectivity index (χ2v) is 5.89. The summed E-state index contributed by atoms with van der Waals surface area (Å²) in [7, 11) is 2.12. The Balaban J connectivity index is 2.12. The van der Waals surface area contributed by atoms with Crippen LogP contribution >= 0.6 is 11.8 Å². The van der Waals surface area contributed by atoms with E-state index in [1.54, 1.807) is 17.8 Å². The number of thioether (sulfide) groups is 1. The molecule has 0 atom stereocenters. The molecule has 0 saturated heterocycles. The summed E-state index contributed by atoms with van der Waals surface area (Å²) in [4.78, 5) is 1.17. The highest BCUT2D eigenvalue weighted by atomic mass is 32.2. The van der Waals surface area contributed by atoms with Gasteiger partial charge < -0.3 is 9.67 Å². The van der Waals surface area contributed by atoms with Gasteiger partial charge >= 0.3 is 0 Å². The van der Waals surface area contributed by atoms with Crippen molar-refractivity contribution in [1.82, 2.24) is 4.57 Å². The maximum absolute atomic E-state index is 9.63. The lowest BCUT2D eigenvalue weighted by molar-refractivity contribution is 0.474. The maximum atomic E-state index is 9.63. The second kappa shape index (κ2) is 3.81. The van der Waals surface area contributed by atoms with Crippen molar-refractivity contribution in [1.29, 1.82) is 0 Å². The predicted octanol–water partition coefficient (Wildman–Crippen LogP) is 4.16. The number of benzene rings is 2. The summed E-state index contributed by atoms with van der Waals surface area (Å²) in [6, 6.07) is 14.2. The molecular weight excluding hydrogens is 254 g/mol. The smallest absolute Gasteiger partial charge is 0.116 e. The number of aromatic nitrogens is 1. The third-order valence-corrected chi connectivity index (χ3v) is 4.89. The number of aromatic hydroxyl groups is 1. The molecular formula is C16H13NOS. The highest BCUT2D eigenvalue weighted by Crippen LogP contribution is 2.46. The number of aryl methyl sites for hydroxylation is 1. The van der Waals surface area contributed by atoms with Gasteiger partial charge in [-0.25, -0.2) is 0 Å². The molecule has 2 heterocycles. The van der Waals surface area contributed by atoms with Crippen molar-refractivity contribution in [2.45, 2.75) is 10.6 Å². The van der Waals surface area contributed by atoms with Crippen LogP contribution in [0.4, 0.5) is 0 Å². The number of para-hydroxylation sites is 1. The molecule has 2 aromatic carbocycles. The highest BCUT2D eigenvalue weighted by molar-refractivity contribution is 7.98. The van der Waals surface area contributed by atoms with E-state index in [9.17, 15) is 5.11 Å². The van der Waals surface area contributed by atoms with Gasteiger partial charge in [-0.1, -0.05) is 18.2 Å². The fourth-order valence-corrected chi connectivity index (χ4v) is 4.05. The van der Waals surface area contributed by atoms with Gasteiger partial charge in [0.25, 0.3) is 0 Å². The van der Waals surface area contributed by atoms with Crippen molar-refractivity contribution in [2.75, 3.05) is 0 Å². The molecule has 3 aromatic rings. The molecule has 2 nitrogen and oxygen atoms in total. The van der Waals surface area contributed by atoms with Gasteiger partial charge in [-0.05, 0) is 29.8 Å². The monoisotopic (exact) mass is 267 g/mol. The summed E-state index contributed by atoms with van der Waals surface area (Å²) < 4.78 is 2.26. The van der Waals surface area contributed by atoms with Crippen LogP contribution in [-0.4, -0.2) is 9.67 Å². The Labute approximate surface area is 115 Å². The van der Waals surface area contributed by atoms with Crippen LogP contribution < -0.4 is 0 Å². The first-order chi connectivity index (χ1) is 9.25. The maximum Gasteiger partial charge on any atom is 0.116 e. The van der Waals surface area contributed by atoms with E-state index in [1.165, 1.54) is 32.6 Å². The van der Waals surface area contributed by atoms with Crippen LogP contribution in [0.5, 0.6) is 5.75 Å². The molecule has 0 saturated carbocycles. The highest BCUT2D eigenvalue weighted by Gasteiger charge is 2.23. The fourth-order valence-electron chi connectivity index (χ4n) is 2.94. The molecule has 4 rings (SSSR count). The lowest BCUT2D eigenvalue weighted by Gasteiger charge is -2.18. The Morgan fingerprint density at radius 2 is 2.00 bits per heavy atom. The molecule has 0 spiro atoms. The largest absolute Gasteiger partial charge is 0.508 e. The van der Waals surface area contributed by atoms with Gasteiger partial charge in [0, 0.05) is 34.2 Å². The lowest BCUT2D eigenvalue weighted by atomic mass is 10.1. The van der Waals surface area contributed by atoms with E-state index >= 15 is 0 Å². The average molecular weight is 267 g/mol. The summed E-state index contributed by atoms with van der Waals surface area (Å²) >= 11 is 1.80. The molecule has 0 bridgehead atoms. The standard InChI is InChI=1S/C16H13NOS/c1-17-14-5-3-2-4-11(14)13-9-19-15-8-10(18)6-7-12(15)16(13)17/h2-8,18H,9H2,1H3. The third-order valence-electron chi connectivity index (χ3n) is 3.80. The molecule has 19 heavy (non-hydrogen) atoms. The number of hydrogen-bond acceptors (Lipinski definition) is 2. The molecule has 0 radical (unpaired) electrons. The number of nitrogens with zero attached hydrogens (tertiary/aromatic N) is 1. The van der Waals surface area contributed by atoms with Crippen LogP contribution in [0.25, 0.3) is 22.2 Å². The molecule has 0 amide bonds. The van der Waals surface area contributed by atoms with Crippen LogP contribution in [0.2, 0.25) is 0 Å². The SMILES string of the molecule is Cn1c2c(c3ccccc31)CSc1cc(O)ccc1-2. The summed E-state index contributed by atoms with van der Waals surface area (Å²) in [5, 5.41) is 11.0. The zero-order valence-corrected chi connectivity index (χ0v) is 11.4.